The normalized spacial score (nSPS) is 11.2. The van der Waals surface area contributed by atoms with Gasteiger partial charge >= 0.3 is 0 Å². The van der Waals surface area contributed by atoms with Crippen LogP contribution in [-0.2, 0) is 0 Å². The van der Waals surface area contributed by atoms with Gasteiger partial charge in [0.05, 0.1) is 28.8 Å². The van der Waals surface area contributed by atoms with Crippen LogP contribution in [0.5, 0.6) is 5.75 Å². The van der Waals surface area contributed by atoms with E-state index in [1.54, 1.807) is 43.5 Å². The maximum atomic E-state index is 12.3. The molecule has 0 radical (unpaired) electrons. The predicted octanol–water partition coefficient (Wildman–Crippen LogP) is 4.21. The van der Waals surface area contributed by atoms with Crippen LogP contribution in [0, 0.1) is 0 Å². The first-order valence-electron chi connectivity index (χ1n) is 6.57. The Morgan fingerprint density at radius 1 is 1.23 bits per heavy atom. The molecule has 0 aliphatic rings. The maximum Gasteiger partial charge on any atom is 0.201 e. The Hall–Kier alpha value is -2.59. The molecule has 0 aliphatic carbocycles. The van der Waals surface area contributed by atoms with Gasteiger partial charge < -0.3 is 9.15 Å². The SMILES string of the molecule is COc1ccc(N=Cc2coc3ccccc3c2=O)cc1Cl. The Kier molecular flexibility index (Phi) is 3.94. The first-order chi connectivity index (χ1) is 10.7. The largest absolute Gasteiger partial charge is 0.495 e. The minimum Gasteiger partial charge on any atom is -0.495 e. The maximum absolute atomic E-state index is 12.3. The standard InChI is InChI=1S/C17H12ClNO3/c1-21-16-7-6-12(8-14(16)18)19-9-11-10-22-15-5-3-2-4-13(15)17(11)20/h2-10H,1H3. The molecule has 22 heavy (non-hydrogen) atoms. The van der Waals surface area contributed by atoms with Gasteiger partial charge in [-0.05, 0) is 30.3 Å². The van der Waals surface area contributed by atoms with Crippen molar-refractivity contribution in [2.45, 2.75) is 0 Å². The van der Waals surface area contributed by atoms with Crippen molar-refractivity contribution in [3.05, 3.63) is 69.5 Å². The Balaban J connectivity index is 1.97. The van der Waals surface area contributed by atoms with Crippen molar-refractivity contribution in [1.82, 2.24) is 0 Å². The molecular formula is C17H12ClNO3. The summed E-state index contributed by atoms with van der Waals surface area (Å²) in [5.74, 6) is 0.575. The Morgan fingerprint density at radius 2 is 2.05 bits per heavy atom. The molecule has 2 aromatic carbocycles. The summed E-state index contributed by atoms with van der Waals surface area (Å²) in [6.07, 6.45) is 2.87. The van der Waals surface area contributed by atoms with E-state index < -0.39 is 0 Å². The van der Waals surface area contributed by atoms with Crippen LogP contribution in [-0.4, -0.2) is 13.3 Å². The Morgan fingerprint density at radius 3 is 2.82 bits per heavy atom. The second kappa shape index (κ2) is 6.03. The van der Waals surface area contributed by atoms with Crippen LogP contribution < -0.4 is 10.2 Å². The first-order valence-corrected chi connectivity index (χ1v) is 6.95. The summed E-state index contributed by atoms with van der Waals surface area (Å²) >= 11 is 6.04. The minimum atomic E-state index is -0.120. The van der Waals surface area contributed by atoms with E-state index >= 15 is 0 Å². The Labute approximate surface area is 131 Å². The van der Waals surface area contributed by atoms with Gasteiger partial charge in [-0.1, -0.05) is 23.7 Å². The molecule has 0 fully saturated rings. The summed E-state index contributed by atoms with van der Waals surface area (Å²) in [4.78, 5) is 16.6. The van der Waals surface area contributed by atoms with Gasteiger partial charge in [0.1, 0.15) is 17.6 Å². The molecule has 0 atom stereocenters. The summed E-state index contributed by atoms with van der Waals surface area (Å²) in [7, 11) is 1.55. The van der Waals surface area contributed by atoms with Crippen LogP contribution in [0.2, 0.25) is 5.02 Å². The lowest BCUT2D eigenvalue weighted by Crippen LogP contribution is -2.07. The average Bonchev–Trinajstić information content (AvgIpc) is 2.55. The number of para-hydroxylation sites is 1. The number of halogens is 1. The number of ether oxygens (including phenoxy) is 1. The lowest BCUT2D eigenvalue weighted by atomic mass is 10.2. The number of fused-ring (bicyclic) bond motifs is 1. The molecule has 0 saturated carbocycles. The fourth-order valence-electron chi connectivity index (χ4n) is 2.06. The smallest absolute Gasteiger partial charge is 0.201 e. The van der Waals surface area contributed by atoms with Crippen LogP contribution >= 0.6 is 11.6 Å². The third kappa shape index (κ3) is 2.73. The number of benzene rings is 2. The molecule has 110 valence electrons. The van der Waals surface area contributed by atoms with Crippen molar-refractivity contribution >= 4 is 34.5 Å². The molecule has 1 heterocycles. The molecule has 0 unspecified atom stereocenters. The van der Waals surface area contributed by atoms with E-state index in [2.05, 4.69) is 4.99 Å². The molecule has 0 aliphatic heterocycles. The van der Waals surface area contributed by atoms with E-state index in [0.29, 0.717) is 33.0 Å². The van der Waals surface area contributed by atoms with E-state index in [1.807, 2.05) is 6.07 Å². The predicted molar refractivity (Wildman–Crippen MR) is 87.7 cm³/mol. The van der Waals surface area contributed by atoms with E-state index in [4.69, 9.17) is 20.8 Å². The summed E-state index contributed by atoms with van der Waals surface area (Å²) < 4.78 is 10.5. The zero-order chi connectivity index (χ0) is 15.5. The highest BCUT2D eigenvalue weighted by atomic mass is 35.5. The summed E-state index contributed by atoms with van der Waals surface area (Å²) in [5.41, 5.74) is 1.44. The molecule has 0 saturated heterocycles. The molecule has 3 aromatic rings. The highest BCUT2D eigenvalue weighted by Crippen LogP contribution is 2.28. The molecule has 5 heteroatoms. The zero-order valence-electron chi connectivity index (χ0n) is 11.7. The molecule has 4 nitrogen and oxygen atoms in total. The molecule has 3 rings (SSSR count). The van der Waals surface area contributed by atoms with E-state index in [1.165, 1.54) is 12.5 Å². The van der Waals surface area contributed by atoms with Gasteiger partial charge in [0, 0.05) is 6.21 Å². The van der Waals surface area contributed by atoms with Gasteiger partial charge in [-0.2, -0.15) is 0 Å². The van der Waals surface area contributed by atoms with Crippen molar-refractivity contribution in [1.29, 1.82) is 0 Å². The van der Waals surface area contributed by atoms with Crippen LogP contribution in [0.4, 0.5) is 5.69 Å². The number of hydrogen-bond acceptors (Lipinski definition) is 4. The molecule has 0 amide bonds. The van der Waals surface area contributed by atoms with Gasteiger partial charge in [-0.25, -0.2) is 0 Å². The van der Waals surface area contributed by atoms with Gasteiger partial charge in [0.2, 0.25) is 5.43 Å². The quantitative estimate of drug-likeness (QED) is 0.681. The van der Waals surface area contributed by atoms with Crippen LogP contribution in [0.15, 0.2) is 62.9 Å². The van der Waals surface area contributed by atoms with Gasteiger partial charge in [-0.3, -0.25) is 9.79 Å². The van der Waals surface area contributed by atoms with E-state index in [9.17, 15) is 4.79 Å². The molecule has 0 spiro atoms. The lowest BCUT2D eigenvalue weighted by Gasteiger charge is -2.02. The highest BCUT2D eigenvalue weighted by molar-refractivity contribution is 6.32. The Bertz CT molecular complexity index is 915. The number of rotatable bonds is 3. The fraction of sp³-hybridized carbons (Fsp3) is 0.0588. The van der Waals surface area contributed by atoms with Crippen LogP contribution in [0.3, 0.4) is 0 Å². The second-order valence-corrected chi connectivity index (χ2v) is 5.00. The average molecular weight is 314 g/mol. The third-order valence-corrected chi connectivity index (χ3v) is 3.49. The van der Waals surface area contributed by atoms with E-state index in [-0.39, 0.29) is 5.43 Å². The van der Waals surface area contributed by atoms with Crippen molar-refractivity contribution in [2.75, 3.05) is 7.11 Å². The van der Waals surface area contributed by atoms with Gasteiger partial charge in [0.15, 0.2) is 0 Å². The summed E-state index contributed by atoms with van der Waals surface area (Å²) in [6.45, 7) is 0. The number of nitrogens with zero attached hydrogens (tertiary/aromatic N) is 1. The van der Waals surface area contributed by atoms with Gasteiger partial charge in [0.25, 0.3) is 0 Å². The van der Waals surface area contributed by atoms with Crippen LogP contribution in [0.25, 0.3) is 11.0 Å². The molecule has 0 bridgehead atoms. The topological polar surface area (TPSA) is 51.8 Å². The van der Waals surface area contributed by atoms with Crippen molar-refractivity contribution in [2.24, 2.45) is 4.99 Å². The molecule has 0 N–H and O–H groups in total. The molecule has 1 aromatic heterocycles. The number of methoxy groups -OCH3 is 1. The monoisotopic (exact) mass is 313 g/mol. The van der Waals surface area contributed by atoms with Crippen molar-refractivity contribution in [3.63, 3.8) is 0 Å². The highest BCUT2D eigenvalue weighted by Gasteiger charge is 2.05. The molecular weight excluding hydrogens is 302 g/mol. The number of aliphatic imine (C=N–C) groups is 1. The summed E-state index contributed by atoms with van der Waals surface area (Å²) in [5, 5.41) is 0.988. The summed E-state index contributed by atoms with van der Waals surface area (Å²) in [6, 6.07) is 12.2. The minimum absolute atomic E-state index is 0.120. The first kappa shape index (κ1) is 14.4. The van der Waals surface area contributed by atoms with Crippen LogP contribution in [0.1, 0.15) is 5.56 Å². The third-order valence-electron chi connectivity index (χ3n) is 3.19. The van der Waals surface area contributed by atoms with E-state index in [0.717, 1.165) is 0 Å². The fourth-order valence-corrected chi connectivity index (χ4v) is 2.31. The van der Waals surface area contributed by atoms with Crippen molar-refractivity contribution in [3.8, 4) is 5.75 Å². The number of hydrogen-bond donors (Lipinski definition) is 0. The second-order valence-electron chi connectivity index (χ2n) is 4.59. The van der Waals surface area contributed by atoms with Crippen molar-refractivity contribution < 1.29 is 9.15 Å². The zero-order valence-corrected chi connectivity index (χ0v) is 12.5. The lowest BCUT2D eigenvalue weighted by molar-refractivity contribution is 0.415. The van der Waals surface area contributed by atoms with Gasteiger partial charge in [-0.15, -0.1) is 0 Å².